The second kappa shape index (κ2) is 8.84. The van der Waals surface area contributed by atoms with E-state index in [1.807, 2.05) is 24.3 Å². The molecule has 1 aromatic carbocycles. The minimum Gasteiger partial charge on any atom is -0.357 e. The first-order chi connectivity index (χ1) is 11.1. The molecule has 0 aliphatic heterocycles. The summed E-state index contributed by atoms with van der Waals surface area (Å²) < 4.78 is 0.793. The van der Waals surface area contributed by atoms with Gasteiger partial charge in [0.25, 0.3) is 0 Å². The first kappa shape index (κ1) is 17.7. The SMILES string of the molecule is C=CCNc1nnc(SCC(=O)c2ccc([C@H](C)CC)cc2)s1. The van der Waals surface area contributed by atoms with E-state index in [0.717, 1.165) is 21.5 Å². The van der Waals surface area contributed by atoms with E-state index in [0.29, 0.717) is 18.2 Å². The molecule has 0 amide bonds. The van der Waals surface area contributed by atoms with Crippen molar-refractivity contribution in [1.29, 1.82) is 0 Å². The lowest BCUT2D eigenvalue weighted by Crippen LogP contribution is -2.02. The monoisotopic (exact) mass is 347 g/mol. The van der Waals surface area contributed by atoms with Gasteiger partial charge in [-0.05, 0) is 17.9 Å². The summed E-state index contributed by atoms with van der Waals surface area (Å²) in [7, 11) is 0. The molecule has 4 nitrogen and oxygen atoms in total. The molecular weight excluding hydrogens is 326 g/mol. The van der Waals surface area contributed by atoms with Crippen LogP contribution in [0.5, 0.6) is 0 Å². The quantitative estimate of drug-likeness (QED) is 0.407. The van der Waals surface area contributed by atoms with Gasteiger partial charge in [-0.2, -0.15) is 0 Å². The number of anilines is 1. The standard InChI is InChI=1S/C17H21N3OS2/c1-4-10-18-16-19-20-17(23-16)22-11-15(21)14-8-6-13(7-9-14)12(3)5-2/h4,6-9,12H,1,5,10-11H2,2-3H3,(H,18,19)/t12-/m1/s1. The lowest BCUT2D eigenvalue weighted by Gasteiger charge is -2.09. The van der Waals surface area contributed by atoms with Gasteiger partial charge in [-0.25, -0.2) is 0 Å². The Kier molecular flexibility index (Phi) is 6.80. The Morgan fingerprint density at radius 3 is 2.78 bits per heavy atom. The summed E-state index contributed by atoms with van der Waals surface area (Å²) in [6, 6.07) is 7.94. The Balaban J connectivity index is 1.89. The summed E-state index contributed by atoms with van der Waals surface area (Å²) in [6.45, 7) is 8.66. The first-order valence-electron chi connectivity index (χ1n) is 7.58. The molecular formula is C17H21N3OS2. The molecule has 1 atom stereocenters. The number of hydrogen-bond acceptors (Lipinski definition) is 6. The van der Waals surface area contributed by atoms with Crippen LogP contribution in [0.1, 0.15) is 42.1 Å². The summed E-state index contributed by atoms with van der Waals surface area (Å²) in [5.74, 6) is 1.01. The summed E-state index contributed by atoms with van der Waals surface area (Å²) in [5, 5.41) is 11.9. The number of aromatic nitrogens is 2. The first-order valence-corrected chi connectivity index (χ1v) is 9.38. The predicted molar refractivity (Wildman–Crippen MR) is 98.8 cm³/mol. The molecule has 1 heterocycles. The van der Waals surface area contributed by atoms with Gasteiger partial charge in [0.15, 0.2) is 10.1 Å². The molecule has 23 heavy (non-hydrogen) atoms. The molecule has 0 spiro atoms. The van der Waals surface area contributed by atoms with Crippen molar-refractivity contribution in [3.05, 3.63) is 48.0 Å². The van der Waals surface area contributed by atoms with Crippen LogP contribution in [-0.2, 0) is 0 Å². The molecule has 2 rings (SSSR count). The molecule has 0 aliphatic carbocycles. The molecule has 0 saturated carbocycles. The van der Waals surface area contributed by atoms with Crippen LogP contribution in [0.15, 0.2) is 41.3 Å². The van der Waals surface area contributed by atoms with Crippen molar-refractivity contribution in [3.8, 4) is 0 Å². The van der Waals surface area contributed by atoms with Gasteiger partial charge in [-0.15, -0.1) is 16.8 Å². The zero-order valence-corrected chi connectivity index (χ0v) is 15.0. The van der Waals surface area contributed by atoms with Crippen molar-refractivity contribution < 1.29 is 4.79 Å². The van der Waals surface area contributed by atoms with Gasteiger partial charge in [-0.1, -0.05) is 67.3 Å². The summed E-state index contributed by atoms with van der Waals surface area (Å²) in [5.41, 5.74) is 2.03. The number of rotatable bonds is 9. The van der Waals surface area contributed by atoms with Gasteiger partial charge < -0.3 is 5.32 Å². The van der Waals surface area contributed by atoms with Crippen molar-refractivity contribution in [2.75, 3.05) is 17.6 Å². The second-order valence-corrected chi connectivity index (χ2v) is 7.39. The Bertz CT molecular complexity index is 652. The maximum Gasteiger partial charge on any atom is 0.206 e. The van der Waals surface area contributed by atoms with Gasteiger partial charge in [0.2, 0.25) is 5.13 Å². The molecule has 1 N–H and O–H groups in total. The zero-order valence-electron chi connectivity index (χ0n) is 13.4. The smallest absolute Gasteiger partial charge is 0.206 e. The highest BCUT2D eigenvalue weighted by Gasteiger charge is 2.11. The van der Waals surface area contributed by atoms with Gasteiger partial charge in [0.05, 0.1) is 5.75 Å². The Hall–Kier alpha value is -1.66. The minimum absolute atomic E-state index is 0.113. The maximum atomic E-state index is 12.3. The number of nitrogens with one attached hydrogen (secondary N) is 1. The van der Waals surface area contributed by atoms with Crippen LogP contribution in [0, 0.1) is 0 Å². The normalized spacial score (nSPS) is 11.9. The van der Waals surface area contributed by atoms with Crippen LogP contribution in [0.3, 0.4) is 0 Å². The fraction of sp³-hybridized carbons (Fsp3) is 0.353. The highest BCUT2D eigenvalue weighted by Crippen LogP contribution is 2.26. The predicted octanol–water partition coefficient (Wildman–Crippen LogP) is 4.62. The average Bonchev–Trinajstić information content (AvgIpc) is 3.05. The fourth-order valence-corrected chi connectivity index (χ4v) is 3.60. The molecule has 0 radical (unpaired) electrons. The summed E-state index contributed by atoms with van der Waals surface area (Å²) >= 11 is 2.87. The zero-order chi connectivity index (χ0) is 16.7. The van der Waals surface area contributed by atoms with Crippen LogP contribution < -0.4 is 5.32 Å². The molecule has 1 aromatic heterocycles. The molecule has 0 saturated heterocycles. The van der Waals surface area contributed by atoms with E-state index in [-0.39, 0.29) is 5.78 Å². The van der Waals surface area contributed by atoms with E-state index in [9.17, 15) is 4.79 Å². The van der Waals surface area contributed by atoms with E-state index < -0.39 is 0 Å². The summed E-state index contributed by atoms with van der Waals surface area (Å²) in [6.07, 6.45) is 2.86. The van der Waals surface area contributed by atoms with Crippen LogP contribution in [0.2, 0.25) is 0 Å². The van der Waals surface area contributed by atoms with Crippen molar-refractivity contribution in [2.45, 2.75) is 30.5 Å². The number of carbonyl (C=O) groups is 1. The number of ketones is 1. The topological polar surface area (TPSA) is 54.9 Å². The van der Waals surface area contributed by atoms with Gasteiger partial charge in [-0.3, -0.25) is 4.79 Å². The van der Waals surface area contributed by atoms with Crippen LogP contribution >= 0.6 is 23.1 Å². The third-order valence-corrected chi connectivity index (χ3v) is 5.56. The Morgan fingerprint density at radius 1 is 1.39 bits per heavy atom. The van der Waals surface area contributed by atoms with Gasteiger partial charge in [0, 0.05) is 12.1 Å². The third-order valence-electron chi connectivity index (χ3n) is 3.54. The third kappa shape index (κ3) is 5.18. The molecule has 0 fully saturated rings. The van der Waals surface area contributed by atoms with Crippen molar-refractivity contribution in [1.82, 2.24) is 10.2 Å². The fourth-order valence-electron chi connectivity index (χ4n) is 1.94. The van der Waals surface area contributed by atoms with Crippen molar-refractivity contribution >= 4 is 34.0 Å². The molecule has 122 valence electrons. The van der Waals surface area contributed by atoms with E-state index >= 15 is 0 Å². The number of benzene rings is 1. The minimum atomic E-state index is 0.113. The molecule has 6 heteroatoms. The maximum absolute atomic E-state index is 12.3. The molecule has 0 bridgehead atoms. The second-order valence-electron chi connectivity index (χ2n) is 5.19. The van der Waals surface area contributed by atoms with Crippen LogP contribution in [-0.4, -0.2) is 28.3 Å². The Labute approximate surface area is 145 Å². The Morgan fingerprint density at radius 2 is 2.13 bits per heavy atom. The van der Waals surface area contributed by atoms with Crippen molar-refractivity contribution in [3.63, 3.8) is 0 Å². The van der Waals surface area contributed by atoms with E-state index in [1.54, 1.807) is 6.08 Å². The molecule has 2 aromatic rings. The van der Waals surface area contributed by atoms with Crippen LogP contribution in [0.4, 0.5) is 5.13 Å². The van der Waals surface area contributed by atoms with E-state index in [4.69, 9.17) is 0 Å². The highest BCUT2D eigenvalue weighted by molar-refractivity contribution is 8.01. The lowest BCUT2D eigenvalue weighted by atomic mass is 9.97. The number of Topliss-reactive ketones (excluding diaryl/α,β-unsaturated/α-hetero) is 1. The number of hydrogen-bond donors (Lipinski definition) is 1. The van der Waals surface area contributed by atoms with Crippen LogP contribution in [0.25, 0.3) is 0 Å². The van der Waals surface area contributed by atoms with E-state index in [1.165, 1.54) is 28.7 Å². The highest BCUT2D eigenvalue weighted by atomic mass is 32.2. The molecule has 0 aliphatic rings. The number of thioether (sulfide) groups is 1. The average molecular weight is 348 g/mol. The molecule has 0 unspecified atom stereocenters. The van der Waals surface area contributed by atoms with Gasteiger partial charge in [0.1, 0.15) is 0 Å². The summed E-state index contributed by atoms with van der Waals surface area (Å²) in [4.78, 5) is 12.3. The van der Waals surface area contributed by atoms with Crippen molar-refractivity contribution in [2.24, 2.45) is 0 Å². The number of carbonyl (C=O) groups excluding carboxylic acids is 1. The van der Waals surface area contributed by atoms with Gasteiger partial charge >= 0.3 is 0 Å². The lowest BCUT2D eigenvalue weighted by molar-refractivity contribution is 0.102. The van der Waals surface area contributed by atoms with E-state index in [2.05, 4.69) is 35.9 Å². The largest absolute Gasteiger partial charge is 0.357 e. The number of nitrogens with zero attached hydrogens (tertiary/aromatic N) is 2.